The third-order valence-corrected chi connectivity index (χ3v) is 3.07. The Bertz CT molecular complexity index is 409. The predicted octanol–water partition coefficient (Wildman–Crippen LogP) is 3.19. The van der Waals surface area contributed by atoms with Crippen LogP contribution in [0, 0.1) is 5.41 Å². The molecule has 20 heavy (non-hydrogen) atoms. The predicted molar refractivity (Wildman–Crippen MR) is 79.4 cm³/mol. The molecule has 0 aliphatic carbocycles. The van der Waals surface area contributed by atoms with Crippen molar-refractivity contribution in [2.24, 2.45) is 5.41 Å². The van der Waals surface area contributed by atoms with Crippen LogP contribution in [0.25, 0.3) is 0 Å². The van der Waals surface area contributed by atoms with Gasteiger partial charge in [0, 0.05) is 18.2 Å². The van der Waals surface area contributed by atoms with Gasteiger partial charge in [-0.05, 0) is 24.0 Å². The van der Waals surface area contributed by atoms with Gasteiger partial charge in [-0.2, -0.15) is 0 Å². The molecule has 0 amide bonds. The topological polar surface area (TPSA) is 47.9 Å². The summed E-state index contributed by atoms with van der Waals surface area (Å²) in [6, 6.07) is 5.36. The van der Waals surface area contributed by atoms with Crippen LogP contribution in [0.1, 0.15) is 38.9 Å². The Morgan fingerprint density at radius 3 is 2.40 bits per heavy atom. The molecule has 1 aromatic carbocycles. The maximum Gasteiger partial charge on any atom is 0.128 e. The van der Waals surface area contributed by atoms with Crippen LogP contribution in [-0.2, 0) is 4.74 Å². The van der Waals surface area contributed by atoms with E-state index in [2.05, 4.69) is 20.8 Å². The number of methoxy groups -OCH3 is 2. The normalized spacial score (nSPS) is 13.1. The number of hydrogen-bond acceptors (Lipinski definition) is 4. The summed E-state index contributed by atoms with van der Waals surface area (Å²) in [4.78, 5) is 0. The standard InChI is InChI=1S/C16H26O4/c1-16(2,3)8-9-20-11-14(17)13-7-6-12(18-4)10-15(13)19-5/h6-7,10,14,17H,8-9,11H2,1-5H3. The molecule has 0 fully saturated rings. The van der Waals surface area contributed by atoms with Crippen molar-refractivity contribution in [2.75, 3.05) is 27.4 Å². The SMILES string of the molecule is COc1ccc(C(O)COCCC(C)(C)C)c(OC)c1. The molecule has 1 aromatic rings. The summed E-state index contributed by atoms with van der Waals surface area (Å²) in [5.41, 5.74) is 0.951. The largest absolute Gasteiger partial charge is 0.497 e. The molecule has 0 aromatic heterocycles. The van der Waals surface area contributed by atoms with E-state index >= 15 is 0 Å². The van der Waals surface area contributed by atoms with Gasteiger partial charge in [-0.25, -0.2) is 0 Å². The molecule has 0 bridgehead atoms. The average Bonchev–Trinajstić information content (AvgIpc) is 2.41. The van der Waals surface area contributed by atoms with Gasteiger partial charge in [-0.1, -0.05) is 20.8 Å². The molecule has 4 nitrogen and oxygen atoms in total. The van der Waals surface area contributed by atoms with Crippen molar-refractivity contribution in [1.82, 2.24) is 0 Å². The third-order valence-electron chi connectivity index (χ3n) is 3.07. The maximum absolute atomic E-state index is 10.2. The highest BCUT2D eigenvalue weighted by Gasteiger charge is 2.15. The monoisotopic (exact) mass is 282 g/mol. The number of aliphatic hydroxyl groups excluding tert-OH is 1. The zero-order chi connectivity index (χ0) is 15.2. The lowest BCUT2D eigenvalue weighted by molar-refractivity contribution is 0.0252. The Morgan fingerprint density at radius 1 is 1.15 bits per heavy atom. The summed E-state index contributed by atoms with van der Waals surface area (Å²) in [5.74, 6) is 1.31. The zero-order valence-electron chi connectivity index (χ0n) is 13.1. The van der Waals surface area contributed by atoms with E-state index < -0.39 is 6.10 Å². The summed E-state index contributed by atoms with van der Waals surface area (Å²) >= 11 is 0. The molecule has 4 heteroatoms. The van der Waals surface area contributed by atoms with E-state index in [-0.39, 0.29) is 12.0 Å². The molecule has 114 valence electrons. The molecule has 0 radical (unpaired) electrons. The van der Waals surface area contributed by atoms with Gasteiger partial charge in [0.05, 0.1) is 20.8 Å². The minimum Gasteiger partial charge on any atom is -0.497 e. The first-order valence-corrected chi connectivity index (χ1v) is 6.85. The molecule has 0 aliphatic heterocycles. The highest BCUT2D eigenvalue weighted by atomic mass is 16.5. The van der Waals surface area contributed by atoms with E-state index in [4.69, 9.17) is 14.2 Å². The second-order valence-corrected chi connectivity index (χ2v) is 6.01. The van der Waals surface area contributed by atoms with Gasteiger partial charge < -0.3 is 19.3 Å². The first kappa shape index (κ1) is 16.8. The van der Waals surface area contributed by atoms with Gasteiger partial charge >= 0.3 is 0 Å². The summed E-state index contributed by atoms with van der Waals surface area (Å²) in [6.45, 7) is 7.40. The van der Waals surface area contributed by atoms with Gasteiger partial charge in [-0.3, -0.25) is 0 Å². The summed E-state index contributed by atoms with van der Waals surface area (Å²) in [5, 5.41) is 10.2. The van der Waals surface area contributed by atoms with Crippen molar-refractivity contribution in [3.8, 4) is 11.5 Å². The molecule has 0 saturated carbocycles. The molecular weight excluding hydrogens is 256 g/mol. The Morgan fingerprint density at radius 2 is 1.85 bits per heavy atom. The fourth-order valence-corrected chi connectivity index (χ4v) is 1.76. The van der Waals surface area contributed by atoms with Crippen LogP contribution in [0.15, 0.2) is 18.2 Å². The Balaban J connectivity index is 2.56. The summed E-state index contributed by atoms with van der Waals surface area (Å²) < 4.78 is 16.0. The van der Waals surface area contributed by atoms with Crippen molar-refractivity contribution < 1.29 is 19.3 Å². The van der Waals surface area contributed by atoms with Crippen molar-refractivity contribution >= 4 is 0 Å². The van der Waals surface area contributed by atoms with E-state index in [1.807, 2.05) is 0 Å². The maximum atomic E-state index is 10.2. The highest BCUT2D eigenvalue weighted by Crippen LogP contribution is 2.29. The van der Waals surface area contributed by atoms with Gasteiger partial charge in [0.2, 0.25) is 0 Å². The minimum atomic E-state index is -0.698. The second kappa shape index (κ2) is 7.50. The van der Waals surface area contributed by atoms with Crippen molar-refractivity contribution in [2.45, 2.75) is 33.3 Å². The van der Waals surface area contributed by atoms with E-state index in [9.17, 15) is 5.11 Å². The van der Waals surface area contributed by atoms with Crippen LogP contribution >= 0.6 is 0 Å². The van der Waals surface area contributed by atoms with Crippen LogP contribution in [0.4, 0.5) is 0 Å². The summed E-state index contributed by atoms with van der Waals surface area (Å²) in [6.07, 6.45) is 0.259. The second-order valence-electron chi connectivity index (χ2n) is 6.01. The lowest BCUT2D eigenvalue weighted by Crippen LogP contribution is -2.13. The van der Waals surface area contributed by atoms with Gasteiger partial charge in [-0.15, -0.1) is 0 Å². The lowest BCUT2D eigenvalue weighted by Gasteiger charge is -2.19. The first-order chi connectivity index (χ1) is 9.37. The highest BCUT2D eigenvalue weighted by molar-refractivity contribution is 5.41. The van der Waals surface area contributed by atoms with Crippen molar-refractivity contribution in [1.29, 1.82) is 0 Å². The average molecular weight is 282 g/mol. The molecule has 1 atom stereocenters. The zero-order valence-corrected chi connectivity index (χ0v) is 13.1. The molecule has 1 N–H and O–H groups in total. The van der Waals surface area contributed by atoms with E-state index in [1.165, 1.54) is 0 Å². The molecular formula is C16H26O4. The van der Waals surface area contributed by atoms with Gasteiger partial charge in [0.15, 0.2) is 0 Å². The Labute approximate surface area is 121 Å². The molecule has 0 heterocycles. The Kier molecular flexibility index (Phi) is 6.30. The van der Waals surface area contributed by atoms with Crippen molar-refractivity contribution in [3.63, 3.8) is 0 Å². The smallest absolute Gasteiger partial charge is 0.128 e. The van der Waals surface area contributed by atoms with Gasteiger partial charge in [0.1, 0.15) is 17.6 Å². The lowest BCUT2D eigenvalue weighted by atomic mass is 9.93. The van der Waals surface area contributed by atoms with Crippen LogP contribution in [0.3, 0.4) is 0 Å². The molecule has 1 rings (SSSR count). The fourth-order valence-electron chi connectivity index (χ4n) is 1.76. The Hall–Kier alpha value is -1.26. The molecule has 0 spiro atoms. The first-order valence-electron chi connectivity index (χ1n) is 6.85. The van der Waals surface area contributed by atoms with Crippen LogP contribution in [0.5, 0.6) is 11.5 Å². The number of rotatable bonds is 7. The summed E-state index contributed by atoms with van der Waals surface area (Å²) in [7, 11) is 3.17. The van der Waals surface area contributed by atoms with E-state index in [1.54, 1.807) is 32.4 Å². The molecule has 0 saturated heterocycles. The third kappa shape index (κ3) is 5.39. The van der Waals surface area contributed by atoms with Gasteiger partial charge in [0.25, 0.3) is 0 Å². The van der Waals surface area contributed by atoms with Crippen LogP contribution < -0.4 is 9.47 Å². The van der Waals surface area contributed by atoms with E-state index in [0.717, 1.165) is 6.42 Å². The minimum absolute atomic E-state index is 0.239. The van der Waals surface area contributed by atoms with Crippen LogP contribution in [0.2, 0.25) is 0 Å². The molecule has 1 unspecified atom stereocenters. The number of benzene rings is 1. The quantitative estimate of drug-likeness (QED) is 0.780. The van der Waals surface area contributed by atoms with Crippen molar-refractivity contribution in [3.05, 3.63) is 23.8 Å². The van der Waals surface area contributed by atoms with E-state index in [0.29, 0.717) is 23.7 Å². The molecule has 0 aliphatic rings. The fraction of sp³-hybridized carbons (Fsp3) is 0.625. The van der Waals surface area contributed by atoms with Crippen LogP contribution in [-0.4, -0.2) is 32.5 Å². The number of hydrogen-bond donors (Lipinski definition) is 1. The number of ether oxygens (including phenoxy) is 3. The number of aliphatic hydroxyl groups is 1.